The van der Waals surface area contributed by atoms with Crippen LogP contribution < -0.4 is 10.1 Å². The van der Waals surface area contributed by atoms with E-state index in [0.29, 0.717) is 5.92 Å². The third kappa shape index (κ3) is 4.73. The van der Waals surface area contributed by atoms with Crippen molar-refractivity contribution in [1.82, 2.24) is 0 Å². The second-order valence-electron chi connectivity index (χ2n) is 5.52. The van der Waals surface area contributed by atoms with Crippen molar-refractivity contribution >= 4 is 34.2 Å². The van der Waals surface area contributed by atoms with E-state index in [-0.39, 0.29) is 12.5 Å². The van der Waals surface area contributed by atoms with Crippen LogP contribution in [-0.4, -0.2) is 12.5 Å². The van der Waals surface area contributed by atoms with Gasteiger partial charge >= 0.3 is 0 Å². The van der Waals surface area contributed by atoms with E-state index in [1.165, 1.54) is 5.56 Å². The fourth-order valence-corrected chi connectivity index (χ4v) is 2.36. The van der Waals surface area contributed by atoms with E-state index in [4.69, 9.17) is 4.74 Å². The molecule has 2 aromatic carbocycles. The molecule has 0 aliphatic carbocycles. The van der Waals surface area contributed by atoms with Gasteiger partial charge in [0, 0.05) is 9.26 Å². The van der Waals surface area contributed by atoms with E-state index in [0.717, 1.165) is 20.6 Å². The number of carbonyl (C=O) groups is 1. The standard InChI is InChI=1S/C18H20INO2/c1-12(2)14-5-4-13(3)17(10-14)22-11-18(21)20-16-8-6-15(19)7-9-16/h4-10,12H,11H2,1-3H3,(H,20,21). The summed E-state index contributed by atoms with van der Waals surface area (Å²) in [5.74, 6) is 1.04. The quantitative estimate of drug-likeness (QED) is 0.725. The first-order valence-electron chi connectivity index (χ1n) is 7.24. The molecular weight excluding hydrogens is 389 g/mol. The highest BCUT2D eigenvalue weighted by Crippen LogP contribution is 2.24. The molecule has 2 rings (SSSR count). The summed E-state index contributed by atoms with van der Waals surface area (Å²) >= 11 is 2.23. The molecule has 2 aromatic rings. The maximum atomic E-state index is 12.0. The molecule has 0 saturated heterocycles. The second-order valence-corrected chi connectivity index (χ2v) is 6.77. The van der Waals surface area contributed by atoms with E-state index in [2.05, 4.69) is 47.8 Å². The molecule has 1 N–H and O–H groups in total. The monoisotopic (exact) mass is 409 g/mol. The van der Waals surface area contributed by atoms with Gasteiger partial charge in [-0.25, -0.2) is 0 Å². The van der Waals surface area contributed by atoms with Crippen LogP contribution in [0.2, 0.25) is 0 Å². The number of aryl methyl sites for hydroxylation is 1. The van der Waals surface area contributed by atoms with Crippen molar-refractivity contribution in [3.63, 3.8) is 0 Å². The number of amides is 1. The fraction of sp³-hybridized carbons (Fsp3) is 0.278. The van der Waals surface area contributed by atoms with Crippen molar-refractivity contribution in [1.29, 1.82) is 0 Å². The number of hydrogen-bond donors (Lipinski definition) is 1. The number of carbonyl (C=O) groups excluding carboxylic acids is 1. The molecule has 0 unspecified atom stereocenters. The molecule has 0 spiro atoms. The van der Waals surface area contributed by atoms with Crippen molar-refractivity contribution < 1.29 is 9.53 Å². The van der Waals surface area contributed by atoms with Crippen molar-refractivity contribution in [3.8, 4) is 5.75 Å². The van der Waals surface area contributed by atoms with E-state index in [9.17, 15) is 4.79 Å². The number of anilines is 1. The lowest BCUT2D eigenvalue weighted by molar-refractivity contribution is -0.118. The Labute approximate surface area is 145 Å². The van der Waals surface area contributed by atoms with Crippen LogP contribution in [0.5, 0.6) is 5.75 Å². The van der Waals surface area contributed by atoms with E-state index in [1.807, 2.05) is 43.3 Å². The summed E-state index contributed by atoms with van der Waals surface area (Å²) in [5, 5.41) is 2.83. The van der Waals surface area contributed by atoms with E-state index < -0.39 is 0 Å². The van der Waals surface area contributed by atoms with Gasteiger partial charge in [-0.3, -0.25) is 4.79 Å². The predicted molar refractivity (Wildman–Crippen MR) is 98.6 cm³/mol. The Hall–Kier alpha value is -1.56. The van der Waals surface area contributed by atoms with Gasteiger partial charge in [0.15, 0.2) is 6.61 Å². The lowest BCUT2D eigenvalue weighted by atomic mass is 10.0. The number of hydrogen-bond acceptors (Lipinski definition) is 2. The Bertz CT molecular complexity index is 651. The zero-order valence-electron chi connectivity index (χ0n) is 13.0. The van der Waals surface area contributed by atoms with Crippen LogP contribution in [0.3, 0.4) is 0 Å². The van der Waals surface area contributed by atoms with Crippen LogP contribution >= 0.6 is 22.6 Å². The van der Waals surface area contributed by atoms with Gasteiger partial charge in [0.2, 0.25) is 0 Å². The second kappa shape index (κ2) is 7.63. The Kier molecular flexibility index (Phi) is 5.83. The fourth-order valence-electron chi connectivity index (χ4n) is 2.00. The largest absolute Gasteiger partial charge is 0.483 e. The van der Waals surface area contributed by atoms with Crippen LogP contribution in [0.4, 0.5) is 5.69 Å². The molecule has 0 aliphatic heterocycles. The molecule has 116 valence electrons. The van der Waals surface area contributed by atoms with Crippen molar-refractivity contribution in [2.24, 2.45) is 0 Å². The first kappa shape index (κ1) is 16.8. The summed E-state index contributed by atoms with van der Waals surface area (Å²) < 4.78 is 6.80. The number of rotatable bonds is 5. The summed E-state index contributed by atoms with van der Waals surface area (Å²) in [7, 11) is 0. The summed E-state index contributed by atoms with van der Waals surface area (Å²) in [4.78, 5) is 12.0. The number of nitrogens with one attached hydrogen (secondary N) is 1. The first-order valence-corrected chi connectivity index (χ1v) is 8.32. The van der Waals surface area contributed by atoms with Crippen LogP contribution in [0.1, 0.15) is 30.9 Å². The van der Waals surface area contributed by atoms with Gasteiger partial charge in [-0.2, -0.15) is 0 Å². The highest BCUT2D eigenvalue weighted by molar-refractivity contribution is 14.1. The average Bonchev–Trinajstić information content (AvgIpc) is 2.48. The highest BCUT2D eigenvalue weighted by atomic mass is 127. The van der Waals surface area contributed by atoms with Crippen LogP contribution in [0.25, 0.3) is 0 Å². The van der Waals surface area contributed by atoms with E-state index in [1.54, 1.807) is 0 Å². The minimum absolute atomic E-state index is 0.00831. The van der Waals surface area contributed by atoms with Crippen LogP contribution in [-0.2, 0) is 4.79 Å². The maximum Gasteiger partial charge on any atom is 0.262 e. The molecular formula is C18H20INO2. The molecule has 0 bridgehead atoms. The zero-order valence-corrected chi connectivity index (χ0v) is 15.2. The molecule has 0 aromatic heterocycles. The third-order valence-electron chi connectivity index (χ3n) is 3.37. The lowest BCUT2D eigenvalue weighted by Gasteiger charge is -2.13. The first-order chi connectivity index (χ1) is 10.5. The smallest absolute Gasteiger partial charge is 0.262 e. The predicted octanol–water partition coefficient (Wildman–Crippen LogP) is 4.74. The lowest BCUT2D eigenvalue weighted by Crippen LogP contribution is -2.20. The topological polar surface area (TPSA) is 38.3 Å². The van der Waals surface area contributed by atoms with Crippen LogP contribution in [0.15, 0.2) is 42.5 Å². The van der Waals surface area contributed by atoms with Gasteiger partial charge in [-0.1, -0.05) is 26.0 Å². The minimum atomic E-state index is -0.157. The van der Waals surface area contributed by atoms with Gasteiger partial charge in [0.25, 0.3) is 5.91 Å². The minimum Gasteiger partial charge on any atom is -0.483 e. The van der Waals surface area contributed by atoms with E-state index >= 15 is 0 Å². The Morgan fingerprint density at radius 3 is 2.50 bits per heavy atom. The van der Waals surface area contributed by atoms with Crippen LogP contribution in [0, 0.1) is 10.5 Å². The molecule has 0 aliphatic rings. The third-order valence-corrected chi connectivity index (χ3v) is 4.08. The Balaban J connectivity index is 1.96. The SMILES string of the molecule is Cc1ccc(C(C)C)cc1OCC(=O)Nc1ccc(I)cc1. The molecule has 0 radical (unpaired) electrons. The molecule has 22 heavy (non-hydrogen) atoms. The van der Waals surface area contributed by atoms with Crippen molar-refractivity contribution in [2.75, 3.05) is 11.9 Å². The van der Waals surface area contributed by atoms with Gasteiger partial charge in [-0.15, -0.1) is 0 Å². The molecule has 0 fully saturated rings. The molecule has 0 saturated carbocycles. The summed E-state index contributed by atoms with van der Waals surface area (Å²) in [6, 6.07) is 13.8. The zero-order chi connectivity index (χ0) is 16.1. The van der Waals surface area contributed by atoms with Crippen molar-refractivity contribution in [3.05, 3.63) is 57.2 Å². The number of ether oxygens (including phenoxy) is 1. The normalized spacial score (nSPS) is 10.6. The Morgan fingerprint density at radius 2 is 1.86 bits per heavy atom. The summed E-state index contributed by atoms with van der Waals surface area (Å²) in [6.45, 7) is 6.26. The number of halogens is 1. The molecule has 3 nitrogen and oxygen atoms in total. The van der Waals surface area contributed by atoms with Gasteiger partial charge in [0.05, 0.1) is 0 Å². The van der Waals surface area contributed by atoms with Gasteiger partial charge in [0.1, 0.15) is 5.75 Å². The summed E-state index contributed by atoms with van der Waals surface area (Å²) in [5.41, 5.74) is 3.02. The molecule has 4 heteroatoms. The molecule has 0 atom stereocenters. The molecule has 0 heterocycles. The van der Waals surface area contributed by atoms with Gasteiger partial charge < -0.3 is 10.1 Å². The summed E-state index contributed by atoms with van der Waals surface area (Å²) in [6.07, 6.45) is 0. The average molecular weight is 409 g/mol. The van der Waals surface area contributed by atoms with Gasteiger partial charge in [-0.05, 0) is 76.9 Å². The molecule has 1 amide bonds. The maximum absolute atomic E-state index is 12.0. The number of benzene rings is 2. The highest BCUT2D eigenvalue weighted by Gasteiger charge is 2.08. The Morgan fingerprint density at radius 1 is 1.18 bits per heavy atom. The van der Waals surface area contributed by atoms with Crippen molar-refractivity contribution in [2.45, 2.75) is 26.7 Å².